The van der Waals surface area contributed by atoms with E-state index in [1.165, 1.54) is 7.11 Å². The summed E-state index contributed by atoms with van der Waals surface area (Å²) in [5.74, 6) is 1.51. The molecule has 1 aromatic rings. The van der Waals surface area contributed by atoms with Crippen LogP contribution in [-0.4, -0.2) is 54.3 Å². The number of carbonyl (C=O) groups is 2. The standard InChI is InChI=1S/C23H28N4O4/c1-30-21(28)23-9-14-7-16(10-23)19(17(8-14)11-23)31-22(29)27-6-4-18(13-27)26-20-15(12-24)3-2-5-25-20/h2-3,5,14,16-19H,4,6-11,13H2,1H3,(H,25,26). The molecule has 1 amide bonds. The van der Waals surface area contributed by atoms with Gasteiger partial charge in [-0.2, -0.15) is 5.26 Å². The largest absolute Gasteiger partial charge is 0.469 e. The van der Waals surface area contributed by atoms with Crippen molar-refractivity contribution in [2.75, 3.05) is 25.5 Å². The zero-order chi connectivity index (χ0) is 21.6. The number of aromatic nitrogens is 1. The topological polar surface area (TPSA) is 105 Å². The van der Waals surface area contributed by atoms with Crippen molar-refractivity contribution in [3.63, 3.8) is 0 Å². The third kappa shape index (κ3) is 3.50. The van der Waals surface area contributed by atoms with E-state index in [9.17, 15) is 14.9 Å². The van der Waals surface area contributed by atoms with Crippen LogP contribution in [-0.2, 0) is 14.3 Å². The Kier molecular flexibility index (Phi) is 4.99. The number of pyridine rings is 1. The Morgan fingerprint density at radius 1 is 1.29 bits per heavy atom. The molecule has 0 aromatic carbocycles. The van der Waals surface area contributed by atoms with Gasteiger partial charge in [-0.3, -0.25) is 4.79 Å². The molecular weight excluding hydrogens is 396 g/mol. The molecule has 0 spiro atoms. The van der Waals surface area contributed by atoms with Gasteiger partial charge in [0.15, 0.2) is 0 Å². The summed E-state index contributed by atoms with van der Waals surface area (Å²) < 4.78 is 11.2. The fraction of sp³-hybridized carbons (Fsp3) is 0.652. The number of hydrogen-bond acceptors (Lipinski definition) is 7. The van der Waals surface area contributed by atoms with Crippen molar-refractivity contribution in [3.8, 4) is 6.07 Å². The number of methoxy groups -OCH3 is 1. The molecule has 8 heteroatoms. The lowest BCUT2D eigenvalue weighted by Crippen LogP contribution is -2.58. The average molecular weight is 425 g/mol. The number of nitriles is 1. The van der Waals surface area contributed by atoms with E-state index in [1.807, 2.05) is 0 Å². The summed E-state index contributed by atoms with van der Waals surface area (Å²) in [5, 5.41) is 12.5. The third-order valence-electron chi connectivity index (χ3n) is 7.76. The molecule has 5 aliphatic rings. The van der Waals surface area contributed by atoms with Gasteiger partial charge in [0.25, 0.3) is 0 Å². The Labute approximate surface area is 181 Å². The molecule has 5 fully saturated rings. The molecule has 1 aromatic heterocycles. The lowest BCUT2D eigenvalue weighted by molar-refractivity contribution is -0.182. The van der Waals surface area contributed by atoms with E-state index >= 15 is 0 Å². The highest BCUT2D eigenvalue weighted by atomic mass is 16.6. The number of carbonyl (C=O) groups excluding carboxylic acids is 2. The highest BCUT2D eigenvalue weighted by molar-refractivity contribution is 5.77. The van der Waals surface area contributed by atoms with Gasteiger partial charge in [0.1, 0.15) is 18.0 Å². The van der Waals surface area contributed by atoms with Gasteiger partial charge in [-0.05, 0) is 68.4 Å². The molecule has 8 nitrogen and oxygen atoms in total. The smallest absolute Gasteiger partial charge is 0.410 e. The third-order valence-corrected chi connectivity index (χ3v) is 7.76. The van der Waals surface area contributed by atoms with Crippen LogP contribution in [0.5, 0.6) is 0 Å². The van der Waals surface area contributed by atoms with Crippen LogP contribution in [0.3, 0.4) is 0 Å². The van der Waals surface area contributed by atoms with E-state index in [4.69, 9.17) is 9.47 Å². The van der Waals surface area contributed by atoms with Crippen molar-refractivity contribution in [3.05, 3.63) is 23.9 Å². The highest BCUT2D eigenvalue weighted by Gasteiger charge is 2.60. The van der Waals surface area contributed by atoms with Gasteiger partial charge in [0.05, 0.1) is 18.1 Å². The van der Waals surface area contributed by atoms with Crippen LogP contribution in [0.15, 0.2) is 18.3 Å². The number of likely N-dealkylation sites (tertiary alicyclic amines) is 1. The molecule has 3 atom stereocenters. The Balaban J connectivity index is 1.20. The molecule has 164 valence electrons. The first-order chi connectivity index (χ1) is 15.0. The fourth-order valence-electron chi connectivity index (χ4n) is 6.68. The van der Waals surface area contributed by atoms with Gasteiger partial charge in [-0.15, -0.1) is 0 Å². The maximum Gasteiger partial charge on any atom is 0.410 e. The van der Waals surface area contributed by atoms with Crippen LogP contribution in [0.4, 0.5) is 10.6 Å². The molecule has 3 unspecified atom stereocenters. The van der Waals surface area contributed by atoms with Crippen LogP contribution < -0.4 is 5.32 Å². The molecule has 4 saturated carbocycles. The van der Waals surface area contributed by atoms with Crippen LogP contribution >= 0.6 is 0 Å². The predicted octanol–water partition coefficient (Wildman–Crippen LogP) is 2.94. The van der Waals surface area contributed by atoms with Crippen molar-refractivity contribution < 1.29 is 19.1 Å². The number of anilines is 1. The molecule has 4 aliphatic carbocycles. The summed E-state index contributed by atoms with van der Waals surface area (Å²) in [4.78, 5) is 31.4. The highest BCUT2D eigenvalue weighted by Crippen LogP contribution is 2.61. The summed E-state index contributed by atoms with van der Waals surface area (Å²) >= 11 is 0. The number of hydrogen-bond donors (Lipinski definition) is 1. The van der Waals surface area contributed by atoms with E-state index in [0.29, 0.717) is 30.4 Å². The molecule has 31 heavy (non-hydrogen) atoms. The molecule has 1 aliphatic heterocycles. The minimum atomic E-state index is -0.363. The van der Waals surface area contributed by atoms with E-state index in [0.717, 1.165) is 38.5 Å². The second-order valence-corrected chi connectivity index (χ2v) is 9.68. The summed E-state index contributed by atoms with van der Waals surface area (Å²) in [5.41, 5.74) is 0.134. The second-order valence-electron chi connectivity index (χ2n) is 9.68. The van der Waals surface area contributed by atoms with Crippen LogP contribution in [0.25, 0.3) is 0 Å². The average Bonchev–Trinajstić information content (AvgIpc) is 3.24. The van der Waals surface area contributed by atoms with Crippen molar-refractivity contribution in [2.45, 2.75) is 50.7 Å². The van der Waals surface area contributed by atoms with Crippen molar-refractivity contribution in [1.82, 2.24) is 9.88 Å². The molecule has 6 rings (SSSR count). The maximum atomic E-state index is 12.9. The summed E-state index contributed by atoms with van der Waals surface area (Å²) in [6.45, 7) is 1.14. The first-order valence-corrected chi connectivity index (χ1v) is 11.2. The van der Waals surface area contributed by atoms with Gasteiger partial charge in [-0.1, -0.05) is 0 Å². The Hall–Kier alpha value is -2.82. The first kappa shape index (κ1) is 20.1. The fourth-order valence-corrected chi connectivity index (χ4v) is 6.68. The molecule has 0 radical (unpaired) electrons. The number of amides is 1. The van der Waals surface area contributed by atoms with Crippen molar-refractivity contribution in [1.29, 1.82) is 5.26 Å². The lowest BCUT2D eigenvalue weighted by atomic mass is 9.48. The quantitative estimate of drug-likeness (QED) is 0.741. The number of rotatable bonds is 4. The molecular formula is C23H28N4O4. The molecule has 1 saturated heterocycles. The number of nitrogens with zero attached hydrogens (tertiary/aromatic N) is 3. The normalized spacial score (nSPS) is 35.5. The summed E-state index contributed by atoms with van der Waals surface area (Å²) in [6, 6.07) is 5.64. The Morgan fingerprint density at radius 3 is 2.77 bits per heavy atom. The summed E-state index contributed by atoms with van der Waals surface area (Å²) in [7, 11) is 1.47. The molecule has 1 N–H and O–H groups in total. The Bertz CT molecular complexity index is 912. The zero-order valence-corrected chi connectivity index (χ0v) is 17.8. The van der Waals surface area contributed by atoms with E-state index in [2.05, 4.69) is 16.4 Å². The molecule has 2 heterocycles. The minimum Gasteiger partial charge on any atom is -0.469 e. The van der Waals surface area contributed by atoms with Gasteiger partial charge >= 0.3 is 12.1 Å². The Morgan fingerprint density at radius 2 is 2.06 bits per heavy atom. The van der Waals surface area contributed by atoms with Gasteiger partial charge in [-0.25, -0.2) is 9.78 Å². The molecule has 4 bridgehead atoms. The van der Waals surface area contributed by atoms with Crippen molar-refractivity contribution >= 4 is 17.9 Å². The zero-order valence-electron chi connectivity index (χ0n) is 17.8. The van der Waals surface area contributed by atoms with Gasteiger partial charge in [0.2, 0.25) is 0 Å². The monoisotopic (exact) mass is 424 g/mol. The number of ether oxygens (including phenoxy) is 2. The van der Waals surface area contributed by atoms with Crippen molar-refractivity contribution in [2.24, 2.45) is 23.2 Å². The van der Waals surface area contributed by atoms with Crippen LogP contribution in [0.1, 0.15) is 44.1 Å². The van der Waals surface area contributed by atoms with E-state index in [-0.39, 0.29) is 41.5 Å². The summed E-state index contributed by atoms with van der Waals surface area (Å²) in [6.07, 6.45) is 6.59. The predicted molar refractivity (Wildman–Crippen MR) is 111 cm³/mol. The minimum absolute atomic E-state index is 0.0376. The van der Waals surface area contributed by atoms with Crippen LogP contribution in [0, 0.1) is 34.5 Å². The van der Waals surface area contributed by atoms with Gasteiger partial charge in [0, 0.05) is 25.3 Å². The number of nitrogens with one attached hydrogen (secondary N) is 1. The lowest BCUT2D eigenvalue weighted by Gasteiger charge is -2.57. The van der Waals surface area contributed by atoms with E-state index < -0.39 is 0 Å². The number of esters is 1. The van der Waals surface area contributed by atoms with Gasteiger partial charge < -0.3 is 19.7 Å². The maximum absolute atomic E-state index is 12.9. The SMILES string of the molecule is COC(=O)C12CC3CC(C1)C(OC(=O)N1CCC(Nc4ncccc4C#N)C1)C(C3)C2. The van der Waals surface area contributed by atoms with Crippen LogP contribution in [0.2, 0.25) is 0 Å². The second kappa shape index (κ2) is 7.70. The van der Waals surface area contributed by atoms with E-state index in [1.54, 1.807) is 23.2 Å². The first-order valence-electron chi connectivity index (χ1n) is 11.2.